The number of nitrogens with one attached hydrogen (secondary N) is 2. The van der Waals surface area contributed by atoms with E-state index in [1.165, 1.54) is 0 Å². The van der Waals surface area contributed by atoms with Gasteiger partial charge in [-0.25, -0.2) is 0 Å². The van der Waals surface area contributed by atoms with Crippen molar-refractivity contribution in [3.8, 4) is 5.75 Å². The van der Waals surface area contributed by atoms with Crippen LogP contribution < -0.4 is 15.4 Å². The van der Waals surface area contributed by atoms with Gasteiger partial charge in [0.2, 0.25) is 0 Å². The Labute approximate surface area is 205 Å². The Bertz CT molecular complexity index is 682. The first-order chi connectivity index (χ1) is 14.6. The second-order valence-corrected chi connectivity index (χ2v) is 8.61. The number of hydrogen-bond acceptors (Lipinski definition) is 5. The lowest BCUT2D eigenvalue weighted by molar-refractivity contribution is 0.0322. The number of benzene rings is 1. The number of hydrogen-bond donors (Lipinski definition) is 2. The molecule has 0 bridgehead atoms. The van der Waals surface area contributed by atoms with Gasteiger partial charge in [0.25, 0.3) is 0 Å². The lowest BCUT2D eigenvalue weighted by atomic mass is 10.1. The van der Waals surface area contributed by atoms with Crippen molar-refractivity contribution < 1.29 is 9.47 Å². The zero-order valence-corrected chi connectivity index (χ0v) is 21.8. The molecule has 8 heteroatoms. The third-order valence-corrected chi connectivity index (χ3v) is 6.10. The number of morpholine rings is 1. The summed E-state index contributed by atoms with van der Waals surface area (Å²) in [5, 5.41) is 7.08. The van der Waals surface area contributed by atoms with Crippen LogP contribution >= 0.6 is 24.0 Å². The van der Waals surface area contributed by atoms with Crippen molar-refractivity contribution in [1.82, 2.24) is 20.4 Å². The molecular weight excluding hydrogens is 505 g/mol. The number of ether oxygens (including phenoxy) is 2. The molecule has 7 nitrogen and oxygen atoms in total. The second kappa shape index (κ2) is 13.4. The molecule has 0 saturated carbocycles. The number of halogens is 1. The maximum atomic E-state index is 6.11. The predicted octanol–water partition coefficient (Wildman–Crippen LogP) is 2.41. The largest absolute Gasteiger partial charge is 0.492 e. The van der Waals surface area contributed by atoms with E-state index < -0.39 is 0 Å². The molecular formula is C23H40IN5O2. The van der Waals surface area contributed by atoms with E-state index in [0.717, 1.165) is 63.2 Å². The summed E-state index contributed by atoms with van der Waals surface area (Å²) in [4.78, 5) is 9.35. The normalized spacial score (nSPS) is 22.9. The summed E-state index contributed by atoms with van der Waals surface area (Å²) >= 11 is 0. The topological polar surface area (TPSA) is 61.4 Å². The molecule has 2 N–H and O–H groups in total. The Kier molecular flexibility index (Phi) is 11.3. The van der Waals surface area contributed by atoms with Crippen molar-refractivity contribution in [1.29, 1.82) is 0 Å². The molecule has 0 spiro atoms. The number of rotatable bonds is 8. The molecule has 2 unspecified atom stereocenters. The molecule has 176 valence electrons. The van der Waals surface area contributed by atoms with Crippen LogP contribution in [0, 0.1) is 5.92 Å². The van der Waals surface area contributed by atoms with Crippen LogP contribution in [-0.4, -0.2) is 87.4 Å². The summed E-state index contributed by atoms with van der Waals surface area (Å²) < 4.78 is 11.5. The van der Waals surface area contributed by atoms with Crippen LogP contribution in [0.15, 0.2) is 29.3 Å². The maximum absolute atomic E-state index is 6.11. The minimum Gasteiger partial charge on any atom is -0.492 e. The average Bonchev–Trinajstić information content (AvgIpc) is 3.13. The molecule has 0 amide bonds. The van der Waals surface area contributed by atoms with E-state index in [1.54, 1.807) is 0 Å². The summed E-state index contributed by atoms with van der Waals surface area (Å²) in [6.07, 6.45) is 0. The van der Waals surface area contributed by atoms with E-state index in [4.69, 9.17) is 9.47 Å². The third-order valence-electron chi connectivity index (χ3n) is 6.10. The Balaban J connectivity index is 0.00000341. The van der Waals surface area contributed by atoms with Crippen LogP contribution in [-0.2, 0) is 11.3 Å². The Hall–Kier alpha value is -1.10. The van der Waals surface area contributed by atoms with Crippen LogP contribution in [0.3, 0.4) is 0 Å². The molecule has 0 aromatic heterocycles. The zero-order valence-electron chi connectivity index (χ0n) is 19.5. The van der Waals surface area contributed by atoms with Gasteiger partial charge in [-0.05, 0) is 25.8 Å². The first-order valence-corrected chi connectivity index (χ1v) is 11.3. The molecule has 2 fully saturated rings. The fourth-order valence-electron chi connectivity index (χ4n) is 4.06. The van der Waals surface area contributed by atoms with Crippen LogP contribution in [0.1, 0.15) is 26.3 Å². The van der Waals surface area contributed by atoms with Gasteiger partial charge in [-0.15, -0.1) is 24.0 Å². The highest BCUT2D eigenvalue weighted by Gasteiger charge is 2.31. The lowest BCUT2D eigenvalue weighted by Gasteiger charge is -2.26. The first kappa shape index (κ1) is 26.2. The molecule has 1 aromatic carbocycles. The minimum atomic E-state index is 0. The molecule has 2 atom stereocenters. The van der Waals surface area contributed by atoms with Crippen molar-refractivity contribution >= 4 is 29.9 Å². The number of aliphatic imine (C=N–C) groups is 1. The highest BCUT2D eigenvalue weighted by molar-refractivity contribution is 14.0. The SMILES string of the molecule is CN=C(NCc1ccccc1OCCN1CCOCC1)NC1CN(C(C)C)CC1C.I. The van der Waals surface area contributed by atoms with E-state index in [0.29, 0.717) is 31.2 Å². The highest BCUT2D eigenvalue weighted by atomic mass is 127. The number of guanidine groups is 1. The van der Waals surface area contributed by atoms with Crippen molar-refractivity contribution in [2.45, 2.75) is 39.4 Å². The monoisotopic (exact) mass is 545 g/mol. The summed E-state index contributed by atoms with van der Waals surface area (Å²) in [6, 6.07) is 9.24. The molecule has 2 saturated heterocycles. The van der Waals surface area contributed by atoms with Gasteiger partial charge in [-0.2, -0.15) is 0 Å². The highest BCUT2D eigenvalue weighted by Crippen LogP contribution is 2.19. The molecule has 0 radical (unpaired) electrons. The standard InChI is InChI=1S/C23H39N5O2.HI/c1-18(2)28-16-19(3)21(17-28)26-23(24-4)25-15-20-7-5-6-8-22(20)30-14-11-27-9-12-29-13-10-27;/h5-8,18-19,21H,9-17H2,1-4H3,(H2,24,25,26);1H. The molecule has 3 rings (SSSR count). The Morgan fingerprint density at radius 2 is 1.97 bits per heavy atom. The number of nitrogens with zero attached hydrogens (tertiary/aromatic N) is 3. The summed E-state index contributed by atoms with van der Waals surface area (Å²) in [5.74, 6) is 2.39. The molecule has 2 aliphatic heterocycles. The van der Waals surface area contributed by atoms with E-state index in [2.05, 4.69) is 58.3 Å². The van der Waals surface area contributed by atoms with Gasteiger partial charge in [-0.1, -0.05) is 25.1 Å². The molecule has 2 heterocycles. The zero-order chi connectivity index (χ0) is 21.3. The van der Waals surface area contributed by atoms with Gasteiger partial charge >= 0.3 is 0 Å². The van der Waals surface area contributed by atoms with Crippen LogP contribution in [0.2, 0.25) is 0 Å². The molecule has 2 aliphatic rings. The van der Waals surface area contributed by atoms with Gasteiger partial charge < -0.3 is 20.1 Å². The van der Waals surface area contributed by atoms with E-state index in [9.17, 15) is 0 Å². The third kappa shape index (κ3) is 8.07. The van der Waals surface area contributed by atoms with Crippen molar-refractivity contribution in [2.24, 2.45) is 10.9 Å². The average molecular weight is 546 g/mol. The van der Waals surface area contributed by atoms with Gasteiger partial charge in [-0.3, -0.25) is 14.8 Å². The summed E-state index contributed by atoms with van der Waals surface area (Å²) in [7, 11) is 1.83. The van der Waals surface area contributed by atoms with Crippen LogP contribution in [0.5, 0.6) is 5.75 Å². The second-order valence-electron chi connectivity index (χ2n) is 8.61. The fourth-order valence-corrected chi connectivity index (χ4v) is 4.06. The first-order valence-electron chi connectivity index (χ1n) is 11.3. The summed E-state index contributed by atoms with van der Waals surface area (Å²) in [6.45, 7) is 14.9. The van der Waals surface area contributed by atoms with Crippen molar-refractivity contribution in [3.05, 3.63) is 29.8 Å². The Morgan fingerprint density at radius 3 is 2.65 bits per heavy atom. The van der Waals surface area contributed by atoms with Crippen LogP contribution in [0.25, 0.3) is 0 Å². The van der Waals surface area contributed by atoms with Gasteiger partial charge in [0.15, 0.2) is 5.96 Å². The van der Waals surface area contributed by atoms with Crippen molar-refractivity contribution in [3.63, 3.8) is 0 Å². The minimum absolute atomic E-state index is 0. The molecule has 0 aliphatic carbocycles. The van der Waals surface area contributed by atoms with Crippen molar-refractivity contribution in [2.75, 3.05) is 59.6 Å². The number of likely N-dealkylation sites (tertiary alicyclic amines) is 1. The molecule has 31 heavy (non-hydrogen) atoms. The van der Waals surface area contributed by atoms with E-state index >= 15 is 0 Å². The maximum Gasteiger partial charge on any atom is 0.191 e. The fraction of sp³-hybridized carbons (Fsp3) is 0.696. The Morgan fingerprint density at radius 1 is 1.23 bits per heavy atom. The quantitative estimate of drug-likeness (QED) is 0.298. The van der Waals surface area contributed by atoms with Gasteiger partial charge in [0, 0.05) is 64.0 Å². The lowest BCUT2D eigenvalue weighted by Crippen LogP contribution is -2.46. The van der Waals surface area contributed by atoms with Gasteiger partial charge in [0.05, 0.1) is 13.2 Å². The van der Waals surface area contributed by atoms with Crippen LogP contribution in [0.4, 0.5) is 0 Å². The predicted molar refractivity (Wildman–Crippen MR) is 138 cm³/mol. The van der Waals surface area contributed by atoms with E-state index in [-0.39, 0.29) is 24.0 Å². The smallest absolute Gasteiger partial charge is 0.191 e. The molecule has 1 aromatic rings. The van der Waals surface area contributed by atoms with E-state index in [1.807, 2.05) is 19.2 Å². The summed E-state index contributed by atoms with van der Waals surface area (Å²) in [5.41, 5.74) is 1.14. The van der Waals surface area contributed by atoms with Gasteiger partial charge in [0.1, 0.15) is 12.4 Å². The number of para-hydroxylation sites is 1.